The van der Waals surface area contributed by atoms with Crippen molar-refractivity contribution in [2.75, 3.05) is 76.4 Å². The van der Waals surface area contributed by atoms with E-state index in [1.807, 2.05) is 11.0 Å². The van der Waals surface area contributed by atoms with Gasteiger partial charge in [-0.2, -0.15) is 5.10 Å². The summed E-state index contributed by atoms with van der Waals surface area (Å²) in [5.74, 6) is -1.47. The molecule has 0 saturated carbocycles. The van der Waals surface area contributed by atoms with Crippen molar-refractivity contribution in [3.8, 4) is 11.1 Å². The lowest BCUT2D eigenvalue weighted by Crippen LogP contribution is -2.54. The van der Waals surface area contributed by atoms with Gasteiger partial charge in [0.15, 0.2) is 11.9 Å². The molecule has 2 saturated heterocycles. The van der Waals surface area contributed by atoms with Crippen molar-refractivity contribution in [1.82, 2.24) is 40.2 Å². The van der Waals surface area contributed by atoms with Gasteiger partial charge in [-0.1, -0.05) is 6.07 Å². The number of halogens is 2. The van der Waals surface area contributed by atoms with Crippen molar-refractivity contribution < 1.29 is 51.7 Å². The van der Waals surface area contributed by atoms with E-state index in [0.717, 1.165) is 46.1 Å². The number of urea groups is 1. The number of amides is 7. The molecule has 360 valence electrons. The van der Waals surface area contributed by atoms with Gasteiger partial charge >= 0.3 is 6.03 Å². The summed E-state index contributed by atoms with van der Waals surface area (Å²) >= 11 is 0. The predicted molar refractivity (Wildman–Crippen MR) is 241 cm³/mol. The molecule has 4 N–H and O–H groups in total. The fourth-order valence-corrected chi connectivity index (χ4v) is 10.2. The number of imide groups is 2. The number of nitrogens with one attached hydrogen (secondary N) is 4. The molecule has 4 aromatic rings. The van der Waals surface area contributed by atoms with Gasteiger partial charge < -0.3 is 34.8 Å². The van der Waals surface area contributed by atoms with Gasteiger partial charge in [0.05, 0.1) is 68.7 Å². The summed E-state index contributed by atoms with van der Waals surface area (Å²) in [7, 11) is 3.37. The molecule has 2 aromatic carbocycles. The zero-order chi connectivity index (χ0) is 47.6. The predicted octanol–water partition coefficient (Wildman–Crippen LogP) is 3.52. The highest BCUT2D eigenvalue weighted by Crippen LogP contribution is 2.43. The van der Waals surface area contributed by atoms with Gasteiger partial charge in [-0.3, -0.25) is 38.9 Å². The van der Waals surface area contributed by atoms with Crippen LogP contribution in [0.5, 0.6) is 0 Å². The number of H-pyrrole nitrogens is 1. The molecule has 1 atom stereocenters. The van der Waals surface area contributed by atoms with Gasteiger partial charge in [-0.25, -0.2) is 13.6 Å². The summed E-state index contributed by atoms with van der Waals surface area (Å²) in [6.45, 7) is 4.00. The molecule has 2 fully saturated rings. The van der Waals surface area contributed by atoms with Crippen LogP contribution in [0, 0.1) is 0 Å². The second-order valence-corrected chi connectivity index (χ2v) is 17.7. The number of piperidine rings is 2. The number of aromatic amines is 1. The molecular formula is C47H56F2N11O8+. The minimum Gasteiger partial charge on any atom is -0.382 e. The van der Waals surface area contributed by atoms with E-state index in [4.69, 9.17) is 9.47 Å². The van der Waals surface area contributed by atoms with E-state index in [1.165, 1.54) is 6.07 Å². The van der Waals surface area contributed by atoms with Crippen LogP contribution in [0.25, 0.3) is 11.1 Å². The lowest BCUT2D eigenvalue weighted by Gasteiger charge is -2.32. The molecule has 1 unspecified atom stereocenters. The first kappa shape index (κ1) is 46.4. The molecule has 7 amide bonds. The maximum atomic E-state index is 14.7. The normalized spacial score (nSPS) is 18.5. The summed E-state index contributed by atoms with van der Waals surface area (Å²) in [4.78, 5) is 83.3. The molecule has 9 rings (SSSR count). The van der Waals surface area contributed by atoms with Crippen LogP contribution < -0.4 is 25.5 Å². The van der Waals surface area contributed by atoms with Crippen molar-refractivity contribution in [3.05, 3.63) is 76.2 Å². The Kier molecular flexibility index (Phi) is 13.5. The van der Waals surface area contributed by atoms with Crippen molar-refractivity contribution in [2.45, 2.75) is 76.4 Å². The number of carbonyl (C=O) groups is 6. The Morgan fingerprint density at radius 1 is 0.926 bits per heavy atom. The molecule has 0 spiro atoms. The molecule has 0 aliphatic carbocycles. The third kappa shape index (κ3) is 9.15. The molecule has 21 heteroatoms. The van der Waals surface area contributed by atoms with E-state index in [9.17, 15) is 37.5 Å². The van der Waals surface area contributed by atoms with Crippen LogP contribution >= 0.6 is 0 Å². The first-order valence-corrected chi connectivity index (χ1v) is 23.3. The largest absolute Gasteiger partial charge is 0.382 e. The zero-order valence-electron chi connectivity index (χ0n) is 38.2. The Morgan fingerprint density at radius 3 is 2.46 bits per heavy atom. The van der Waals surface area contributed by atoms with Crippen LogP contribution in [0.2, 0.25) is 0 Å². The highest BCUT2D eigenvalue weighted by atomic mass is 19.3. The van der Waals surface area contributed by atoms with Crippen LogP contribution in [0.3, 0.4) is 0 Å². The van der Waals surface area contributed by atoms with E-state index in [0.29, 0.717) is 75.3 Å². The fourth-order valence-electron chi connectivity index (χ4n) is 10.2. The van der Waals surface area contributed by atoms with Crippen molar-refractivity contribution >= 4 is 52.8 Å². The lowest BCUT2D eigenvalue weighted by atomic mass is 9.92. The Labute approximate surface area is 391 Å². The third-order valence-corrected chi connectivity index (χ3v) is 13.6. The number of ether oxygens (including phenoxy) is 2. The SMILES string of the molecule is CNC(=O)N1CCc2c(c(N3CCCc4cc(-c5cnn(C)c5)c(C(F)F)cc43)[nH][n+]2C2CCN(C(=O)CCOCCOCCNc3cccc4c3C(=O)N(C3CCC(=O)NC3=O)C4=O)CC2)C1. The first-order chi connectivity index (χ1) is 32.9. The van der Waals surface area contributed by atoms with Gasteiger partial charge in [-0.15, -0.1) is 9.78 Å². The summed E-state index contributed by atoms with van der Waals surface area (Å²) in [6.07, 6.45) is 4.58. The van der Waals surface area contributed by atoms with Crippen LogP contribution in [0.4, 0.5) is 30.8 Å². The Balaban J connectivity index is 0.760. The highest BCUT2D eigenvalue weighted by Gasteiger charge is 2.46. The van der Waals surface area contributed by atoms with Crippen LogP contribution in [0.15, 0.2) is 42.7 Å². The number of hydrogen-bond donors (Lipinski definition) is 4. The molecule has 19 nitrogen and oxygen atoms in total. The molecule has 5 aliphatic rings. The minimum atomic E-state index is -2.70. The van der Waals surface area contributed by atoms with Gasteiger partial charge in [0.1, 0.15) is 6.04 Å². The van der Waals surface area contributed by atoms with Gasteiger partial charge in [-0.05, 0) is 54.7 Å². The molecule has 5 aliphatic heterocycles. The van der Waals surface area contributed by atoms with E-state index in [-0.39, 0.29) is 80.4 Å². The van der Waals surface area contributed by atoms with Gasteiger partial charge in [0.2, 0.25) is 23.4 Å². The number of fused-ring (bicyclic) bond motifs is 3. The third-order valence-electron chi connectivity index (χ3n) is 13.6. The second kappa shape index (κ2) is 19.8. The number of carbonyl (C=O) groups excluding carboxylic acids is 6. The smallest absolute Gasteiger partial charge is 0.317 e. The summed E-state index contributed by atoms with van der Waals surface area (Å²) < 4.78 is 44.7. The fraction of sp³-hybridized carbons (Fsp3) is 0.489. The number of aryl methyl sites for hydroxylation is 2. The van der Waals surface area contributed by atoms with Crippen molar-refractivity contribution in [2.24, 2.45) is 7.05 Å². The molecule has 7 heterocycles. The van der Waals surface area contributed by atoms with E-state index in [2.05, 4.69) is 35.7 Å². The quantitative estimate of drug-likeness (QED) is 0.0771. The van der Waals surface area contributed by atoms with Crippen LogP contribution in [-0.2, 0) is 50.3 Å². The maximum Gasteiger partial charge on any atom is 0.317 e. The number of hydrogen-bond acceptors (Lipinski definition) is 11. The Morgan fingerprint density at radius 2 is 1.72 bits per heavy atom. The monoisotopic (exact) mass is 940 g/mol. The van der Waals surface area contributed by atoms with E-state index >= 15 is 0 Å². The molecule has 68 heavy (non-hydrogen) atoms. The topological polar surface area (TPSA) is 207 Å². The number of likely N-dealkylation sites (tertiary alicyclic amines) is 1. The highest BCUT2D eigenvalue weighted by molar-refractivity contribution is 6.25. The zero-order valence-corrected chi connectivity index (χ0v) is 38.2. The number of benzene rings is 2. The van der Waals surface area contributed by atoms with E-state index < -0.39 is 36.1 Å². The summed E-state index contributed by atoms with van der Waals surface area (Å²) in [5, 5.41) is 16.0. The van der Waals surface area contributed by atoms with Crippen LogP contribution in [0.1, 0.15) is 94.1 Å². The number of aromatic nitrogens is 4. The summed E-state index contributed by atoms with van der Waals surface area (Å²) in [6, 6.07) is 7.19. The molecular weight excluding hydrogens is 885 g/mol. The number of alkyl halides is 2. The lowest BCUT2D eigenvalue weighted by molar-refractivity contribution is -0.781. The van der Waals surface area contributed by atoms with Gasteiger partial charge in [0.25, 0.3) is 18.2 Å². The number of nitrogens with zero attached hydrogens (tertiary/aromatic N) is 7. The van der Waals surface area contributed by atoms with E-state index in [1.54, 1.807) is 54.3 Å². The minimum absolute atomic E-state index is 0.000930. The average Bonchev–Trinajstić information content (AvgIpc) is 4.03. The molecule has 2 aromatic heterocycles. The second-order valence-electron chi connectivity index (χ2n) is 17.7. The van der Waals surface area contributed by atoms with Gasteiger partial charge in [0, 0.05) is 94.8 Å². The first-order valence-electron chi connectivity index (χ1n) is 23.3. The average molecular weight is 941 g/mol. The number of anilines is 3. The molecule has 0 bridgehead atoms. The molecule has 0 radical (unpaired) electrons. The standard InChI is InChI=1S/C47H55F2N11O8/c1-50-47(66)57-18-12-36-34(27-57)43(58-15-4-5-28-23-32(29-25-52-55(2)26-29)33(42(48)49)24-38(28)58)54-60(36)30-10-16-56(17-11-30)40(62)13-19-67-21-22-68-20-14-51-35-7-3-6-31-41(35)46(65)59(45(31)64)37-8-9-39(61)53-44(37)63/h3,6-7,23-26,30,37,42H,4-5,8-22,27H2,1-2H3,(H3,50,51,53,61,63,65,66)/p+1. The van der Waals surface area contributed by atoms with Crippen LogP contribution in [-0.4, -0.2) is 137 Å². The number of rotatable bonds is 15. The van der Waals surface area contributed by atoms with Crippen molar-refractivity contribution in [3.63, 3.8) is 0 Å². The van der Waals surface area contributed by atoms with Crippen molar-refractivity contribution in [1.29, 1.82) is 0 Å². The summed E-state index contributed by atoms with van der Waals surface area (Å²) in [5.41, 5.74) is 5.62. The Bertz CT molecular complexity index is 2620. The maximum absolute atomic E-state index is 14.7. The Hall–Kier alpha value is -6.74.